The van der Waals surface area contributed by atoms with Crippen LogP contribution >= 0.6 is 0 Å². The number of amides is 1. The maximum Gasteiger partial charge on any atom is 0.257 e. The van der Waals surface area contributed by atoms with Gasteiger partial charge in [0.05, 0.1) is 5.57 Å². The molecule has 0 bridgehead atoms. The smallest absolute Gasteiger partial charge is 0.257 e. The summed E-state index contributed by atoms with van der Waals surface area (Å²) in [7, 11) is 0. The molecule has 2 heterocycles. The average Bonchev–Trinajstić information content (AvgIpc) is 3.08. The van der Waals surface area contributed by atoms with Crippen molar-refractivity contribution in [2.45, 2.75) is 0 Å². The van der Waals surface area contributed by atoms with E-state index in [0.717, 1.165) is 27.8 Å². The molecule has 21 heavy (non-hydrogen) atoms. The minimum atomic E-state index is -0.0774. The van der Waals surface area contributed by atoms with Crippen LogP contribution in [0.5, 0.6) is 0 Å². The van der Waals surface area contributed by atoms with Crippen LogP contribution in [0.1, 0.15) is 5.56 Å². The van der Waals surface area contributed by atoms with Gasteiger partial charge in [0.25, 0.3) is 5.91 Å². The van der Waals surface area contributed by atoms with E-state index in [1.54, 1.807) is 6.20 Å². The summed E-state index contributed by atoms with van der Waals surface area (Å²) >= 11 is 0. The molecule has 1 aliphatic heterocycles. The molecule has 0 fully saturated rings. The van der Waals surface area contributed by atoms with Crippen LogP contribution in [0, 0.1) is 0 Å². The van der Waals surface area contributed by atoms with E-state index in [4.69, 9.17) is 0 Å². The van der Waals surface area contributed by atoms with E-state index in [9.17, 15) is 4.79 Å². The van der Waals surface area contributed by atoms with E-state index in [0.29, 0.717) is 5.57 Å². The predicted octanol–water partition coefficient (Wildman–Crippen LogP) is 3.57. The molecular weight excluding hydrogens is 262 g/mol. The fourth-order valence-electron chi connectivity index (χ4n) is 2.58. The molecule has 4 nitrogen and oxygen atoms in total. The lowest BCUT2D eigenvalue weighted by Gasteiger charge is -2.03. The third-order valence-electron chi connectivity index (χ3n) is 3.65. The lowest BCUT2D eigenvalue weighted by atomic mass is 10.1. The topological polar surface area (TPSA) is 56.9 Å². The highest BCUT2D eigenvalue weighted by molar-refractivity contribution is 6.31. The van der Waals surface area contributed by atoms with Crippen LogP contribution in [-0.4, -0.2) is 10.9 Å². The number of carbonyl (C=O) groups excluding carboxylic acids is 1. The Bertz CT molecular complexity index is 876. The Kier molecular flexibility index (Phi) is 2.54. The minimum Gasteiger partial charge on any atom is -0.361 e. The number of H-pyrrole nitrogens is 1. The van der Waals surface area contributed by atoms with E-state index in [-0.39, 0.29) is 5.91 Å². The number of fused-ring (bicyclic) bond motifs is 2. The molecule has 0 radical (unpaired) electrons. The molecule has 2 aromatic carbocycles. The summed E-state index contributed by atoms with van der Waals surface area (Å²) in [5.74, 6) is -0.0774. The first-order chi connectivity index (χ1) is 10.3. The standard InChI is InChI=1S/C17H13N3O/c21-17-14(13-3-1-2-4-16(13)20-17)10-19-12-5-6-15-11(9-12)7-8-18-15/h1-10,18-19H,(H,20,21)/b14-10+. The van der Waals surface area contributed by atoms with Crippen LogP contribution in [0.15, 0.2) is 60.9 Å². The van der Waals surface area contributed by atoms with Crippen LogP contribution in [0.25, 0.3) is 16.5 Å². The Morgan fingerprint density at radius 3 is 2.90 bits per heavy atom. The minimum absolute atomic E-state index is 0.0774. The first-order valence-corrected chi connectivity index (χ1v) is 6.76. The third kappa shape index (κ3) is 1.97. The Balaban J connectivity index is 1.67. The number of para-hydroxylation sites is 1. The highest BCUT2D eigenvalue weighted by Crippen LogP contribution is 2.31. The third-order valence-corrected chi connectivity index (χ3v) is 3.65. The number of aromatic nitrogens is 1. The van der Waals surface area contributed by atoms with E-state index in [1.807, 2.05) is 54.7 Å². The molecule has 1 aliphatic rings. The lowest BCUT2D eigenvalue weighted by molar-refractivity contribution is -0.110. The summed E-state index contributed by atoms with van der Waals surface area (Å²) in [5, 5.41) is 7.19. The van der Waals surface area contributed by atoms with Gasteiger partial charge in [-0.25, -0.2) is 0 Å². The van der Waals surface area contributed by atoms with E-state index >= 15 is 0 Å². The largest absolute Gasteiger partial charge is 0.361 e. The molecule has 1 amide bonds. The maximum absolute atomic E-state index is 12.0. The predicted molar refractivity (Wildman–Crippen MR) is 85.0 cm³/mol. The number of hydrogen-bond acceptors (Lipinski definition) is 2. The van der Waals surface area contributed by atoms with Crippen LogP contribution in [0.4, 0.5) is 11.4 Å². The van der Waals surface area contributed by atoms with Gasteiger partial charge in [-0.3, -0.25) is 4.79 Å². The summed E-state index contributed by atoms with van der Waals surface area (Å²) < 4.78 is 0. The number of anilines is 2. The van der Waals surface area contributed by atoms with Crippen molar-refractivity contribution in [2.24, 2.45) is 0 Å². The van der Waals surface area contributed by atoms with Gasteiger partial charge in [0.15, 0.2) is 0 Å². The number of aromatic amines is 1. The van der Waals surface area contributed by atoms with Crippen LogP contribution in [-0.2, 0) is 4.79 Å². The van der Waals surface area contributed by atoms with E-state index in [2.05, 4.69) is 15.6 Å². The normalized spacial score (nSPS) is 15.2. The first kappa shape index (κ1) is 11.8. The Labute approximate surface area is 121 Å². The van der Waals surface area contributed by atoms with E-state index in [1.165, 1.54) is 0 Å². The quantitative estimate of drug-likeness (QED) is 0.626. The summed E-state index contributed by atoms with van der Waals surface area (Å²) in [4.78, 5) is 15.2. The van der Waals surface area contributed by atoms with Gasteiger partial charge in [-0.05, 0) is 30.3 Å². The van der Waals surface area contributed by atoms with Crippen molar-refractivity contribution in [3.05, 3.63) is 66.5 Å². The molecule has 4 heteroatoms. The Hall–Kier alpha value is -3.01. The zero-order valence-corrected chi connectivity index (χ0v) is 11.2. The molecule has 0 aliphatic carbocycles. The van der Waals surface area contributed by atoms with Gasteiger partial charge < -0.3 is 15.6 Å². The van der Waals surface area contributed by atoms with Crippen LogP contribution < -0.4 is 10.6 Å². The van der Waals surface area contributed by atoms with Crippen molar-refractivity contribution < 1.29 is 4.79 Å². The Morgan fingerprint density at radius 2 is 1.95 bits per heavy atom. The summed E-state index contributed by atoms with van der Waals surface area (Å²) in [5.41, 5.74) is 4.48. The zero-order valence-electron chi connectivity index (χ0n) is 11.2. The molecular formula is C17H13N3O. The highest BCUT2D eigenvalue weighted by atomic mass is 16.2. The number of hydrogen-bond donors (Lipinski definition) is 3. The highest BCUT2D eigenvalue weighted by Gasteiger charge is 2.23. The van der Waals surface area contributed by atoms with Crippen molar-refractivity contribution in [1.29, 1.82) is 0 Å². The van der Waals surface area contributed by atoms with Crippen molar-refractivity contribution in [2.75, 3.05) is 10.6 Å². The van der Waals surface area contributed by atoms with Gasteiger partial charge in [-0.1, -0.05) is 18.2 Å². The van der Waals surface area contributed by atoms with Crippen molar-refractivity contribution in [3.63, 3.8) is 0 Å². The van der Waals surface area contributed by atoms with Gasteiger partial charge in [0.2, 0.25) is 0 Å². The average molecular weight is 275 g/mol. The molecule has 0 atom stereocenters. The zero-order chi connectivity index (χ0) is 14.2. The van der Waals surface area contributed by atoms with Gasteiger partial charge in [-0.15, -0.1) is 0 Å². The maximum atomic E-state index is 12.0. The second-order valence-electron chi connectivity index (χ2n) is 4.98. The van der Waals surface area contributed by atoms with E-state index < -0.39 is 0 Å². The molecule has 4 rings (SSSR count). The molecule has 102 valence electrons. The summed E-state index contributed by atoms with van der Waals surface area (Å²) in [6.07, 6.45) is 3.67. The molecule has 3 aromatic rings. The number of benzene rings is 2. The molecule has 0 spiro atoms. The fourth-order valence-corrected chi connectivity index (χ4v) is 2.58. The second kappa shape index (κ2) is 4.52. The Morgan fingerprint density at radius 1 is 1.05 bits per heavy atom. The first-order valence-electron chi connectivity index (χ1n) is 6.76. The lowest BCUT2D eigenvalue weighted by Crippen LogP contribution is -2.05. The van der Waals surface area contributed by atoms with Gasteiger partial charge in [0.1, 0.15) is 0 Å². The fraction of sp³-hybridized carbons (Fsp3) is 0. The monoisotopic (exact) mass is 275 g/mol. The number of nitrogens with one attached hydrogen (secondary N) is 3. The molecule has 0 saturated carbocycles. The summed E-state index contributed by atoms with van der Waals surface area (Å²) in [6, 6.07) is 15.7. The molecule has 0 saturated heterocycles. The van der Waals surface area contributed by atoms with Crippen molar-refractivity contribution >= 4 is 33.8 Å². The molecule has 3 N–H and O–H groups in total. The molecule has 1 aromatic heterocycles. The second-order valence-corrected chi connectivity index (χ2v) is 4.98. The number of rotatable bonds is 2. The van der Waals surface area contributed by atoms with Crippen molar-refractivity contribution in [3.8, 4) is 0 Å². The van der Waals surface area contributed by atoms with Gasteiger partial charge in [-0.2, -0.15) is 0 Å². The SMILES string of the molecule is O=C1Nc2ccccc2/C1=C\Nc1ccc2[nH]ccc2c1. The van der Waals surface area contributed by atoms with Gasteiger partial charge in [0, 0.05) is 40.2 Å². The summed E-state index contributed by atoms with van der Waals surface area (Å²) in [6.45, 7) is 0. The van der Waals surface area contributed by atoms with Gasteiger partial charge >= 0.3 is 0 Å². The van der Waals surface area contributed by atoms with Crippen molar-refractivity contribution in [1.82, 2.24) is 4.98 Å². The van der Waals surface area contributed by atoms with Crippen LogP contribution in [0.2, 0.25) is 0 Å². The number of carbonyl (C=O) groups is 1. The molecule has 0 unspecified atom stereocenters. The van der Waals surface area contributed by atoms with Crippen LogP contribution in [0.3, 0.4) is 0 Å².